The number of hydrogen-bond acceptors (Lipinski definition) is 2. The van der Waals surface area contributed by atoms with Gasteiger partial charge in [0.2, 0.25) is 0 Å². The van der Waals surface area contributed by atoms with Crippen molar-refractivity contribution in [1.82, 2.24) is 5.32 Å². The van der Waals surface area contributed by atoms with Crippen molar-refractivity contribution in [3.63, 3.8) is 0 Å². The van der Waals surface area contributed by atoms with Crippen molar-refractivity contribution < 1.29 is 5.11 Å². The van der Waals surface area contributed by atoms with Gasteiger partial charge in [0.25, 0.3) is 0 Å². The van der Waals surface area contributed by atoms with Crippen LogP contribution in [0.3, 0.4) is 0 Å². The van der Waals surface area contributed by atoms with Gasteiger partial charge in [0.05, 0.1) is 6.10 Å². The molecule has 3 aliphatic carbocycles. The maximum atomic E-state index is 9.66. The molecule has 0 aliphatic heterocycles. The van der Waals surface area contributed by atoms with Gasteiger partial charge in [0.15, 0.2) is 0 Å². The Hall–Kier alpha value is -0.0800. The van der Waals surface area contributed by atoms with Gasteiger partial charge in [-0.05, 0) is 63.2 Å². The van der Waals surface area contributed by atoms with E-state index in [1.807, 2.05) is 0 Å². The van der Waals surface area contributed by atoms with E-state index in [1.165, 1.54) is 38.5 Å². The van der Waals surface area contributed by atoms with Crippen LogP contribution in [0.2, 0.25) is 0 Å². The summed E-state index contributed by atoms with van der Waals surface area (Å²) in [5.41, 5.74) is 0. The highest BCUT2D eigenvalue weighted by molar-refractivity contribution is 4.98. The fourth-order valence-electron chi connectivity index (χ4n) is 3.16. The molecule has 2 heteroatoms. The predicted octanol–water partition coefficient (Wildman–Crippen LogP) is 2.07. The molecule has 3 rings (SSSR count). The van der Waals surface area contributed by atoms with Crippen LogP contribution in [0.1, 0.15) is 51.4 Å². The fraction of sp³-hybridized carbons (Fsp3) is 1.00. The van der Waals surface area contributed by atoms with Crippen LogP contribution in [0.15, 0.2) is 0 Å². The van der Waals surface area contributed by atoms with Gasteiger partial charge in [-0.2, -0.15) is 0 Å². The minimum absolute atomic E-state index is 0.0321. The molecule has 2 N–H and O–H groups in total. The lowest BCUT2D eigenvalue weighted by molar-refractivity contribution is 0.106. The standard InChI is InChI=1S/C13H23NO/c15-12-3-1-2-11(8-12)14-13(9-4-5-9)10-6-7-10/h9-15H,1-8H2. The second kappa shape index (κ2) is 4.06. The van der Waals surface area contributed by atoms with E-state index in [0.717, 1.165) is 30.7 Å². The summed E-state index contributed by atoms with van der Waals surface area (Å²) >= 11 is 0. The summed E-state index contributed by atoms with van der Waals surface area (Å²) < 4.78 is 0. The normalized spacial score (nSPS) is 37.2. The zero-order valence-electron chi connectivity index (χ0n) is 9.49. The Morgan fingerprint density at radius 1 is 0.933 bits per heavy atom. The van der Waals surface area contributed by atoms with Crippen molar-refractivity contribution in [2.45, 2.75) is 69.6 Å². The molecule has 0 amide bonds. The molecule has 0 saturated heterocycles. The Balaban J connectivity index is 1.53. The Bertz CT molecular complexity index is 211. The van der Waals surface area contributed by atoms with Crippen LogP contribution in [0, 0.1) is 11.8 Å². The van der Waals surface area contributed by atoms with E-state index in [4.69, 9.17) is 0 Å². The van der Waals surface area contributed by atoms with Gasteiger partial charge in [0, 0.05) is 12.1 Å². The van der Waals surface area contributed by atoms with E-state index in [0.29, 0.717) is 6.04 Å². The molecule has 15 heavy (non-hydrogen) atoms. The van der Waals surface area contributed by atoms with E-state index < -0.39 is 0 Å². The highest BCUT2D eigenvalue weighted by Crippen LogP contribution is 2.45. The zero-order chi connectivity index (χ0) is 10.3. The lowest BCUT2D eigenvalue weighted by Crippen LogP contribution is -2.44. The summed E-state index contributed by atoms with van der Waals surface area (Å²) in [6, 6.07) is 1.42. The highest BCUT2D eigenvalue weighted by atomic mass is 16.3. The molecule has 2 unspecified atom stereocenters. The lowest BCUT2D eigenvalue weighted by Gasteiger charge is -2.31. The van der Waals surface area contributed by atoms with Gasteiger partial charge in [-0.25, -0.2) is 0 Å². The minimum Gasteiger partial charge on any atom is -0.393 e. The average Bonchev–Trinajstić information content (AvgIpc) is 3.07. The van der Waals surface area contributed by atoms with Crippen molar-refractivity contribution >= 4 is 0 Å². The molecule has 2 atom stereocenters. The van der Waals surface area contributed by atoms with E-state index in [9.17, 15) is 5.11 Å². The van der Waals surface area contributed by atoms with Crippen molar-refractivity contribution in [3.8, 4) is 0 Å². The maximum absolute atomic E-state index is 9.66. The van der Waals surface area contributed by atoms with Gasteiger partial charge in [-0.1, -0.05) is 0 Å². The molecule has 86 valence electrons. The number of aliphatic hydroxyl groups excluding tert-OH is 1. The Morgan fingerprint density at radius 2 is 1.60 bits per heavy atom. The second-order valence-corrected chi connectivity index (χ2v) is 5.88. The van der Waals surface area contributed by atoms with E-state index in [-0.39, 0.29) is 6.10 Å². The van der Waals surface area contributed by atoms with Crippen molar-refractivity contribution in [2.24, 2.45) is 11.8 Å². The Kier molecular flexibility index (Phi) is 2.73. The predicted molar refractivity (Wildman–Crippen MR) is 60.6 cm³/mol. The van der Waals surface area contributed by atoms with Crippen molar-refractivity contribution in [3.05, 3.63) is 0 Å². The monoisotopic (exact) mass is 209 g/mol. The summed E-state index contributed by atoms with van der Waals surface area (Å²) in [4.78, 5) is 0. The van der Waals surface area contributed by atoms with Crippen LogP contribution in [0.25, 0.3) is 0 Å². The second-order valence-electron chi connectivity index (χ2n) is 5.88. The van der Waals surface area contributed by atoms with Gasteiger partial charge in [0.1, 0.15) is 0 Å². The van der Waals surface area contributed by atoms with Crippen LogP contribution >= 0.6 is 0 Å². The van der Waals surface area contributed by atoms with Crippen LogP contribution in [-0.4, -0.2) is 23.3 Å². The molecule has 0 bridgehead atoms. The van der Waals surface area contributed by atoms with Crippen molar-refractivity contribution in [1.29, 1.82) is 0 Å². The van der Waals surface area contributed by atoms with Gasteiger partial charge < -0.3 is 10.4 Å². The van der Waals surface area contributed by atoms with Gasteiger partial charge in [-0.3, -0.25) is 0 Å². The van der Waals surface area contributed by atoms with Crippen LogP contribution in [-0.2, 0) is 0 Å². The maximum Gasteiger partial charge on any atom is 0.0555 e. The van der Waals surface area contributed by atoms with Crippen LogP contribution in [0.4, 0.5) is 0 Å². The van der Waals surface area contributed by atoms with E-state index in [2.05, 4.69) is 5.32 Å². The highest BCUT2D eigenvalue weighted by Gasteiger charge is 2.42. The molecule has 0 aromatic rings. The summed E-state index contributed by atoms with van der Waals surface area (Å²) in [6.45, 7) is 0. The molecule has 3 saturated carbocycles. The SMILES string of the molecule is OC1CCCC(NC(C2CC2)C2CC2)C1. The van der Waals surface area contributed by atoms with Gasteiger partial charge in [-0.15, -0.1) is 0 Å². The third-order valence-electron chi connectivity index (χ3n) is 4.33. The molecular formula is C13H23NO. The summed E-state index contributed by atoms with van der Waals surface area (Å²) in [5.74, 6) is 1.97. The number of hydrogen-bond donors (Lipinski definition) is 2. The van der Waals surface area contributed by atoms with Gasteiger partial charge >= 0.3 is 0 Å². The van der Waals surface area contributed by atoms with E-state index >= 15 is 0 Å². The van der Waals surface area contributed by atoms with E-state index in [1.54, 1.807) is 0 Å². The molecule has 0 aromatic carbocycles. The summed E-state index contributed by atoms with van der Waals surface area (Å²) in [5, 5.41) is 13.5. The number of aliphatic hydroxyl groups is 1. The first-order valence-electron chi connectivity index (χ1n) is 6.77. The topological polar surface area (TPSA) is 32.3 Å². The summed E-state index contributed by atoms with van der Waals surface area (Å²) in [7, 11) is 0. The summed E-state index contributed by atoms with van der Waals surface area (Å²) in [6.07, 6.45) is 10.3. The molecule has 3 fully saturated rings. The molecule has 3 aliphatic rings. The Labute approximate surface area is 92.4 Å². The molecule has 2 nitrogen and oxygen atoms in total. The zero-order valence-corrected chi connectivity index (χ0v) is 9.49. The first-order chi connectivity index (χ1) is 7.33. The third kappa shape index (κ3) is 2.54. The fourth-order valence-corrected chi connectivity index (χ4v) is 3.16. The molecule has 0 aromatic heterocycles. The first-order valence-corrected chi connectivity index (χ1v) is 6.77. The Morgan fingerprint density at radius 3 is 2.13 bits per heavy atom. The lowest BCUT2D eigenvalue weighted by atomic mass is 9.91. The molecule has 0 radical (unpaired) electrons. The van der Waals surface area contributed by atoms with Crippen LogP contribution in [0.5, 0.6) is 0 Å². The molecule has 0 spiro atoms. The van der Waals surface area contributed by atoms with Crippen molar-refractivity contribution in [2.75, 3.05) is 0 Å². The largest absolute Gasteiger partial charge is 0.393 e. The number of rotatable bonds is 4. The quantitative estimate of drug-likeness (QED) is 0.743. The molecular weight excluding hydrogens is 186 g/mol. The molecule has 0 heterocycles. The first kappa shape index (κ1) is 10.1. The average molecular weight is 209 g/mol. The smallest absolute Gasteiger partial charge is 0.0555 e. The third-order valence-corrected chi connectivity index (χ3v) is 4.33. The van der Waals surface area contributed by atoms with Crippen LogP contribution < -0.4 is 5.32 Å². The number of nitrogens with one attached hydrogen (secondary N) is 1. The minimum atomic E-state index is -0.0321.